The number of rotatable bonds is 3. The van der Waals surface area contributed by atoms with Gasteiger partial charge in [-0.3, -0.25) is 9.78 Å². The molecule has 0 bridgehead atoms. The Labute approximate surface area is 178 Å². The average molecular weight is 448 g/mol. The Morgan fingerprint density at radius 3 is 2.34 bits per heavy atom. The normalized spacial score (nSPS) is 14.6. The standard InChI is InChI=1S/C22H17F5N4O/c1-9-5-12(6-10(2)28-9)15-14(23)7-13-19-16(21(32)31(30-19)8-22(25,26)27)18(11-3-4-11)29-20(13)17(15)24/h5-7,11,29H,3-4,8H2,1-2H3. The molecule has 3 aliphatic rings. The lowest BCUT2D eigenvalue weighted by Crippen LogP contribution is -2.26. The molecule has 32 heavy (non-hydrogen) atoms. The highest BCUT2D eigenvalue weighted by atomic mass is 19.4. The Hall–Kier alpha value is -3.30. The van der Waals surface area contributed by atoms with Gasteiger partial charge >= 0.3 is 6.18 Å². The van der Waals surface area contributed by atoms with Crippen LogP contribution in [0.5, 0.6) is 0 Å². The van der Waals surface area contributed by atoms with Crippen molar-refractivity contribution in [2.45, 2.75) is 45.3 Å². The van der Waals surface area contributed by atoms with E-state index in [9.17, 15) is 18.0 Å². The van der Waals surface area contributed by atoms with Gasteiger partial charge in [0.15, 0.2) is 5.82 Å². The van der Waals surface area contributed by atoms with Gasteiger partial charge in [-0.05, 0) is 56.4 Å². The maximum atomic E-state index is 15.7. The van der Waals surface area contributed by atoms with Crippen LogP contribution in [0, 0.1) is 25.5 Å². The summed E-state index contributed by atoms with van der Waals surface area (Å²) in [4.78, 5) is 19.8. The first-order valence-electron chi connectivity index (χ1n) is 10.0. The van der Waals surface area contributed by atoms with Gasteiger partial charge in [-0.2, -0.15) is 18.3 Å². The average Bonchev–Trinajstić information content (AvgIpc) is 3.45. The number of fused-ring (bicyclic) bond motifs is 3. The number of benzene rings is 1. The van der Waals surface area contributed by atoms with Crippen molar-refractivity contribution in [3.8, 4) is 22.4 Å². The van der Waals surface area contributed by atoms with Gasteiger partial charge in [-0.15, -0.1) is 0 Å². The van der Waals surface area contributed by atoms with Gasteiger partial charge in [-0.1, -0.05) is 0 Å². The van der Waals surface area contributed by atoms with Crippen molar-refractivity contribution < 1.29 is 22.0 Å². The van der Waals surface area contributed by atoms with Crippen LogP contribution in [0.2, 0.25) is 0 Å². The van der Waals surface area contributed by atoms with Crippen molar-refractivity contribution >= 4 is 10.9 Å². The molecule has 1 N–H and O–H groups in total. The molecule has 3 heterocycles. The third-order valence-corrected chi connectivity index (χ3v) is 5.59. The molecule has 0 amide bonds. The summed E-state index contributed by atoms with van der Waals surface area (Å²) in [7, 11) is 0. The molecule has 1 saturated carbocycles. The Morgan fingerprint density at radius 1 is 1.09 bits per heavy atom. The highest BCUT2D eigenvalue weighted by Gasteiger charge is 2.36. The number of alkyl halides is 3. The van der Waals surface area contributed by atoms with Crippen molar-refractivity contribution in [2.75, 3.05) is 0 Å². The van der Waals surface area contributed by atoms with Crippen LogP contribution in [-0.4, -0.2) is 25.9 Å². The van der Waals surface area contributed by atoms with E-state index in [1.165, 1.54) is 0 Å². The maximum absolute atomic E-state index is 15.7. The first-order valence-corrected chi connectivity index (χ1v) is 10.0. The molecule has 10 heteroatoms. The molecule has 1 fully saturated rings. The van der Waals surface area contributed by atoms with Gasteiger partial charge in [0, 0.05) is 22.5 Å². The Bertz CT molecular complexity index is 1390. The second-order valence-corrected chi connectivity index (χ2v) is 8.22. The first-order chi connectivity index (χ1) is 15.0. The van der Waals surface area contributed by atoms with Crippen molar-refractivity contribution in [3.05, 3.63) is 57.3 Å². The molecule has 0 atom stereocenters. The van der Waals surface area contributed by atoms with Crippen LogP contribution in [0.4, 0.5) is 22.0 Å². The van der Waals surface area contributed by atoms with Crippen LogP contribution < -0.4 is 5.56 Å². The van der Waals surface area contributed by atoms with Crippen molar-refractivity contribution in [2.24, 2.45) is 0 Å². The molecule has 0 radical (unpaired) electrons. The van der Waals surface area contributed by atoms with E-state index in [4.69, 9.17) is 0 Å². The molecule has 166 valence electrons. The summed E-state index contributed by atoms with van der Waals surface area (Å²) < 4.78 is 69.9. The lowest BCUT2D eigenvalue weighted by atomic mass is 9.97. The van der Waals surface area contributed by atoms with Crippen LogP contribution in [0.25, 0.3) is 33.3 Å². The molecule has 0 saturated heterocycles. The maximum Gasteiger partial charge on any atom is 0.408 e. The van der Waals surface area contributed by atoms with Gasteiger partial charge in [-0.25, -0.2) is 13.5 Å². The second-order valence-electron chi connectivity index (χ2n) is 8.22. The number of halogens is 5. The monoisotopic (exact) mass is 448 g/mol. The predicted octanol–water partition coefficient (Wildman–Crippen LogP) is 5.23. The summed E-state index contributed by atoms with van der Waals surface area (Å²) in [6, 6.07) is 4.11. The lowest BCUT2D eigenvalue weighted by Gasteiger charge is -2.14. The van der Waals surface area contributed by atoms with Gasteiger partial charge in [0.2, 0.25) is 0 Å². The highest BCUT2D eigenvalue weighted by Crippen LogP contribution is 2.45. The fourth-order valence-corrected chi connectivity index (χ4v) is 4.20. The zero-order valence-corrected chi connectivity index (χ0v) is 17.1. The molecule has 0 spiro atoms. The number of H-pyrrole nitrogens is 1. The van der Waals surface area contributed by atoms with E-state index in [-0.39, 0.29) is 33.6 Å². The molecular weight excluding hydrogens is 431 g/mol. The molecule has 0 unspecified atom stereocenters. The molecule has 5 nitrogen and oxygen atoms in total. The Balaban J connectivity index is 1.84. The van der Waals surface area contributed by atoms with Crippen molar-refractivity contribution in [1.29, 1.82) is 0 Å². The smallest absolute Gasteiger partial charge is 0.355 e. The summed E-state index contributed by atoms with van der Waals surface area (Å²) in [6.45, 7) is 1.83. The third-order valence-electron chi connectivity index (χ3n) is 5.59. The zero-order chi connectivity index (χ0) is 22.9. The van der Waals surface area contributed by atoms with Gasteiger partial charge in [0.05, 0.1) is 16.6 Å². The van der Waals surface area contributed by atoms with E-state index in [0.29, 0.717) is 40.2 Å². The predicted molar refractivity (Wildman–Crippen MR) is 108 cm³/mol. The minimum atomic E-state index is -4.67. The second kappa shape index (κ2) is 6.85. The molecular formula is C22H17F5N4O. The molecule has 1 aliphatic carbocycles. The van der Waals surface area contributed by atoms with E-state index in [0.717, 1.165) is 6.07 Å². The molecule has 1 aromatic heterocycles. The Morgan fingerprint density at radius 2 is 1.75 bits per heavy atom. The molecule has 2 aliphatic heterocycles. The number of aryl methyl sites for hydroxylation is 2. The van der Waals surface area contributed by atoms with Crippen LogP contribution in [0.3, 0.4) is 0 Å². The summed E-state index contributed by atoms with van der Waals surface area (Å²) in [5.41, 5.74) is 0.304. The lowest BCUT2D eigenvalue weighted by molar-refractivity contribution is -0.143. The minimum absolute atomic E-state index is 0.0496. The van der Waals surface area contributed by atoms with Gasteiger partial charge < -0.3 is 4.98 Å². The zero-order valence-electron chi connectivity index (χ0n) is 17.1. The number of nitrogens with one attached hydrogen (secondary N) is 1. The number of aromatic nitrogens is 4. The molecule has 2 aromatic rings. The number of hydrogen-bond donors (Lipinski definition) is 1. The quantitative estimate of drug-likeness (QED) is 0.437. The topological polar surface area (TPSA) is 63.6 Å². The highest BCUT2D eigenvalue weighted by molar-refractivity contribution is 5.97. The van der Waals surface area contributed by atoms with E-state index in [1.54, 1.807) is 26.0 Å². The van der Waals surface area contributed by atoms with Crippen LogP contribution in [0.15, 0.2) is 23.0 Å². The van der Waals surface area contributed by atoms with E-state index >= 15 is 8.78 Å². The third kappa shape index (κ3) is 3.34. The van der Waals surface area contributed by atoms with Crippen LogP contribution in [0.1, 0.15) is 35.8 Å². The van der Waals surface area contributed by atoms with Gasteiger partial charge in [0.25, 0.3) is 5.56 Å². The van der Waals surface area contributed by atoms with E-state index in [1.807, 2.05) is 0 Å². The number of nitrogens with zero attached hydrogens (tertiary/aromatic N) is 3. The Kier molecular flexibility index (Phi) is 4.41. The minimum Gasteiger partial charge on any atom is -0.355 e. The fraction of sp³-hybridized carbons (Fsp3) is 0.318. The number of aromatic amines is 1. The molecule has 5 rings (SSSR count). The van der Waals surface area contributed by atoms with Crippen LogP contribution in [-0.2, 0) is 6.54 Å². The summed E-state index contributed by atoms with van der Waals surface area (Å²) in [6.07, 6.45) is -3.25. The fourth-order valence-electron chi connectivity index (χ4n) is 4.20. The summed E-state index contributed by atoms with van der Waals surface area (Å²) in [5.74, 6) is -1.92. The number of hydrogen-bond acceptors (Lipinski definition) is 3. The van der Waals surface area contributed by atoms with Crippen LogP contribution >= 0.6 is 0 Å². The SMILES string of the molecule is Cc1cc(-c2c(F)cc3c4nn(CC(F)(F)F)c(=O)c-4c(C4CC4)[nH]c3c2F)cc(C)n1. The van der Waals surface area contributed by atoms with Gasteiger partial charge in [0.1, 0.15) is 18.1 Å². The summed E-state index contributed by atoms with van der Waals surface area (Å²) in [5, 5.41) is 3.75. The molecule has 1 aromatic carbocycles. The van der Waals surface area contributed by atoms with Crippen molar-refractivity contribution in [1.82, 2.24) is 19.7 Å². The summed E-state index contributed by atoms with van der Waals surface area (Å²) >= 11 is 0. The first kappa shape index (κ1) is 20.6. The van der Waals surface area contributed by atoms with Crippen molar-refractivity contribution in [3.63, 3.8) is 0 Å². The number of pyridine rings is 2. The van der Waals surface area contributed by atoms with E-state index in [2.05, 4.69) is 15.1 Å². The largest absolute Gasteiger partial charge is 0.408 e. The van der Waals surface area contributed by atoms with E-state index < -0.39 is 29.9 Å².